The number of nitrogens with zero attached hydrogens (tertiary/aromatic N) is 2. The molecule has 1 aliphatic carbocycles. The Morgan fingerprint density at radius 1 is 1.83 bits per heavy atom. The molecule has 6 heteroatoms. The third kappa shape index (κ3) is 1.44. The fraction of sp³-hybridized carbons (Fsp3) is 0.500. The van der Waals surface area contributed by atoms with Gasteiger partial charge in [0.15, 0.2) is 0 Å². The van der Waals surface area contributed by atoms with Crippen LogP contribution in [0, 0.1) is 5.92 Å². The summed E-state index contributed by atoms with van der Waals surface area (Å²) < 4.78 is 0. The largest absolute Gasteiger partial charge is 0.327 e. The molecule has 1 saturated carbocycles. The van der Waals surface area contributed by atoms with Crippen LogP contribution < -0.4 is 11.1 Å². The van der Waals surface area contributed by atoms with E-state index in [0.717, 1.165) is 6.42 Å². The molecule has 0 saturated heterocycles. The molecule has 1 amide bonds. The zero-order chi connectivity index (χ0) is 8.55. The maximum atomic E-state index is 11.2. The highest BCUT2D eigenvalue weighted by Crippen LogP contribution is 2.29. The second-order valence-electron chi connectivity index (χ2n) is 2.74. The van der Waals surface area contributed by atoms with E-state index in [1.54, 1.807) is 5.51 Å². The Morgan fingerprint density at radius 2 is 2.58 bits per heavy atom. The number of carbonyl (C=O) groups is 1. The Kier molecular flexibility index (Phi) is 1.78. The normalized spacial score (nSPS) is 26.8. The smallest absolute Gasteiger partial charge is 0.230 e. The van der Waals surface area contributed by atoms with Crippen LogP contribution in [0.25, 0.3) is 0 Å². The van der Waals surface area contributed by atoms with E-state index in [0.29, 0.717) is 5.13 Å². The number of anilines is 1. The molecule has 12 heavy (non-hydrogen) atoms. The van der Waals surface area contributed by atoms with Crippen LogP contribution >= 0.6 is 11.3 Å². The molecule has 0 spiro atoms. The van der Waals surface area contributed by atoms with Gasteiger partial charge in [-0.25, -0.2) is 0 Å². The third-order valence-electron chi connectivity index (χ3n) is 1.77. The molecule has 1 heterocycles. The van der Waals surface area contributed by atoms with Crippen LogP contribution in [0.3, 0.4) is 0 Å². The molecule has 0 radical (unpaired) electrons. The van der Waals surface area contributed by atoms with Crippen molar-refractivity contribution in [3.63, 3.8) is 0 Å². The fourth-order valence-corrected chi connectivity index (χ4v) is 1.39. The molecule has 2 rings (SSSR count). The number of amides is 1. The Bertz CT molecular complexity index is 286. The Labute approximate surface area is 73.0 Å². The molecule has 2 atom stereocenters. The summed E-state index contributed by atoms with van der Waals surface area (Å²) in [5.41, 5.74) is 7.07. The van der Waals surface area contributed by atoms with E-state index in [9.17, 15) is 4.79 Å². The molecule has 1 aromatic rings. The van der Waals surface area contributed by atoms with E-state index < -0.39 is 0 Å². The van der Waals surface area contributed by atoms with Crippen LogP contribution in [0.1, 0.15) is 6.42 Å². The molecular formula is C6H8N4OS. The number of carbonyl (C=O) groups excluding carboxylic acids is 1. The number of nitrogens with one attached hydrogen (secondary N) is 1. The molecule has 5 nitrogen and oxygen atoms in total. The van der Waals surface area contributed by atoms with Crippen LogP contribution in [0.2, 0.25) is 0 Å². The van der Waals surface area contributed by atoms with Crippen molar-refractivity contribution in [2.45, 2.75) is 12.5 Å². The number of hydrogen-bond acceptors (Lipinski definition) is 5. The minimum Gasteiger partial charge on any atom is -0.327 e. The van der Waals surface area contributed by atoms with Crippen molar-refractivity contribution >= 4 is 22.4 Å². The summed E-state index contributed by atoms with van der Waals surface area (Å²) >= 11 is 1.30. The first kappa shape index (κ1) is 7.63. The van der Waals surface area contributed by atoms with Gasteiger partial charge in [0, 0.05) is 6.04 Å². The van der Waals surface area contributed by atoms with Crippen molar-refractivity contribution < 1.29 is 4.79 Å². The van der Waals surface area contributed by atoms with Crippen molar-refractivity contribution in [2.75, 3.05) is 5.32 Å². The van der Waals surface area contributed by atoms with Gasteiger partial charge in [0.05, 0.1) is 5.92 Å². The summed E-state index contributed by atoms with van der Waals surface area (Å²) in [6.07, 6.45) is 0.782. The Hall–Kier alpha value is -1.01. The summed E-state index contributed by atoms with van der Waals surface area (Å²) in [6.45, 7) is 0. The van der Waals surface area contributed by atoms with Gasteiger partial charge in [-0.2, -0.15) is 0 Å². The summed E-state index contributed by atoms with van der Waals surface area (Å²) in [4.78, 5) is 11.2. The lowest BCUT2D eigenvalue weighted by atomic mass is 10.4. The van der Waals surface area contributed by atoms with E-state index >= 15 is 0 Å². The Morgan fingerprint density at radius 3 is 3.08 bits per heavy atom. The number of aromatic nitrogens is 2. The number of hydrogen-bond donors (Lipinski definition) is 2. The summed E-state index contributed by atoms with van der Waals surface area (Å²) in [7, 11) is 0. The van der Waals surface area contributed by atoms with Crippen molar-refractivity contribution in [1.29, 1.82) is 0 Å². The lowest BCUT2D eigenvalue weighted by Gasteiger charge is -1.96. The van der Waals surface area contributed by atoms with Gasteiger partial charge >= 0.3 is 0 Å². The van der Waals surface area contributed by atoms with Gasteiger partial charge in [0.25, 0.3) is 0 Å². The van der Waals surface area contributed by atoms with Gasteiger partial charge in [0.1, 0.15) is 5.51 Å². The van der Waals surface area contributed by atoms with E-state index in [1.807, 2.05) is 0 Å². The maximum Gasteiger partial charge on any atom is 0.230 e. The molecule has 3 N–H and O–H groups in total. The predicted octanol–water partition coefficient (Wildman–Crippen LogP) is -0.176. The molecule has 2 unspecified atom stereocenters. The average Bonchev–Trinajstić information content (AvgIpc) is 2.58. The van der Waals surface area contributed by atoms with Crippen molar-refractivity contribution in [1.82, 2.24) is 10.2 Å². The predicted molar refractivity (Wildman–Crippen MR) is 44.6 cm³/mol. The second-order valence-corrected chi connectivity index (χ2v) is 3.57. The lowest BCUT2D eigenvalue weighted by Crippen LogP contribution is -2.18. The van der Waals surface area contributed by atoms with Crippen LogP contribution in [0.5, 0.6) is 0 Å². The van der Waals surface area contributed by atoms with Crippen LogP contribution in [0.15, 0.2) is 5.51 Å². The fourth-order valence-electron chi connectivity index (χ4n) is 0.942. The molecular weight excluding hydrogens is 176 g/mol. The van der Waals surface area contributed by atoms with Gasteiger partial charge in [-0.05, 0) is 6.42 Å². The minimum atomic E-state index is -0.0424. The number of rotatable bonds is 2. The van der Waals surface area contributed by atoms with E-state index in [2.05, 4.69) is 15.5 Å². The summed E-state index contributed by atoms with van der Waals surface area (Å²) in [6, 6.07) is 0.0397. The highest BCUT2D eigenvalue weighted by Gasteiger charge is 2.40. The molecule has 0 aromatic carbocycles. The summed E-state index contributed by atoms with van der Waals surface area (Å²) in [5, 5.41) is 10.5. The molecule has 0 bridgehead atoms. The average molecular weight is 184 g/mol. The van der Waals surface area contributed by atoms with Crippen molar-refractivity contribution in [3.05, 3.63) is 5.51 Å². The SMILES string of the molecule is NC1CC1C(=O)Nc1nncs1. The van der Waals surface area contributed by atoms with E-state index in [-0.39, 0.29) is 17.9 Å². The van der Waals surface area contributed by atoms with E-state index in [1.165, 1.54) is 11.3 Å². The lowest BCUT2D eigenvalue weighted by molar-refractivity contribution is -0.117. The molecule has 64 valence electrons. The maximum absolute atomic E-state index is 11.2. The Balaban J connectivity index is 1.92. The first-order chi connectivity index (χ1) is 5.77. The van der Waals surface area contributed by atoms with Crippen LogP contribution in [0.4, 0.5) is 5.13 Å². The van der Waals surface area contributed by atoms with E-state index in [4.69, 9.17) is 5.73 Å². The second kappa shape index (κ2) is 2.80. The van der Waals surface area contributed by atoms with Gasteiger partial charge in [-0.3, -0.25) is 4.79 Å². The molecule has 1 aromatic heterocycles. The van der Waals surface area contributed by atoms with Crippen molar-refractivity contribution in [3.8, 4) is 0 Å². The summed E-state index contributed by atoms with van der Waals surface area (Å²) in [5.74, 6) is -0.0619. The standard InChI is InChI=1S/C6H8N4OS/c7-4-1-3(4)5(11)9-6-10-8-2-12-6/h2-4H,1,7H2,(H,9,10,11). The van der Waals surface area contributed by atoms with Crippen LogP contribution in [-0.4, -0.2) is 22.1 Å². The third-order valence-corrected chi connectivity index (χ3v) is 2.37. The molecule has 1 aliphatic rings. The van der Waals surface area contributed by atoms with Gasteiger partial charge in [0.2, 0.25) is 11.0 Å². The van der Waals surface area contributed by atoms with Crippen molar-refractivity contribution in [2.24, 2.45) is 11.7 Å². The highest BCUT2D eigenvalue weighted by atomic mass is 32.1. The topological polar surface area (TPSA) is 80.9 Å². The minimum absolute atomic E-state index is 0.0195. The highest BCUT2D eigenvalue weighted by molar-refractivity contribution is 7.13. The van der Waals surface area contributed by atoms with Crippen LogP contribution in [-0.2, 0) is 4.79 Å². The van der Waals surface area contributed by atoms with Gasteiger partial charge in [-0.1, -0.05) is 11.3 Å². The quantitative estimate of drug-likeness (QED) is 0.668. The number of nitrogens with two attached hydrogens (primary N) is 1. The monoisotopic (exact) mass is 184 g/mol. The van der Waals surface area contributed by atoms with Gasteiger partial charge in [-0.15, -0.1) is 10.2 Å². The zero-order valence-electron chi connectivity index (χ0n) is 6.23. The molecule has 0 aliphatic heterocycles. The van der Waals surface area contributed by atoms with Gasteiger partial charge < -0.3 is 11.1 Å². The molecule has 1 fully saturated rings. The first-order valence-corrected chi connectivity index (χ1v) is 4.48. The zero-order valence-corrected chi connectivity index (χ0v) is 7.04. The first-order valence-electron chi connectivity index (χ1n) is 3.60.